The van der Waals surface area contributed by atoms with Crippen LogP contribution in [-0.4, -0.2) is 20.9 Å². The molecule has 0 aliphatic rings. The number of para-hydroxylation sites is 4. The molecule has 0 fully saturated rings. The highest BCUT2D eigenvalue weighted by Crippen LogP contribution is 2.31. The Morgan fingerprint density at radius 1 is 0.452 bits per heavy atom. The molecule has 0 spiro atoms. The minimum atomic E-state index is -0.232. The zero-order valence-electron chi connectivity index (χ0n) is 16.7. The van der Waals surface area contributed by atoms with Crippen molar-refractivity contribution >= 4 is 55.4 Å². The fourth-order valence-electron chi connectivity index (χ4n) is 4.67. The smallest absolute Gasteiger partial charge is 0.241 e. The van der Waals surface area contributed by atoms with Gasteiger partial charge in [-0.15, -0.1) is 0 Å². The first-order chi connectivity index (χ1) is 15.2. The Balaban J connectivity index is 1.50. The van der Waals surface area contributed by atoms with Crippen molar-refractivity contribution in [3.05, 3.63) is 97.1 Å². The largest absolute Gasteiger partial charge is 0.279 e. The van der Waals surface area contributed by atoms with Crippen LogP contribution in [0, 0.1) is 0 Å². The molecule has 0 atom stereocenters. The Hall–Kier alpha value is -4.18. The minimum absolute atomic E-state index is 0.217. The van der Waals surface area contributed by atoms with E-state index in [2.05, 4.69) is 0 Å². The second-order valence-corrected chi connectivity index (χ2v) is 7.70. The first-order valence-corrected chi connectivity index (χ1v) is 10.3. The van der Waals surface area contributed by atoms with Crippen LogP contribution in [0.1, 0.15) is 16.0 Å². The number of carbonyl (C=O) groups excluding carboxylic acids is 2. The summed E-state index contributed by atoms with van der Waals surface area (Å²) in [5.41, 5.74) is 3.29. The third-order valence-corrected chi connectivity index (χ3v) is 5.96. The van der Waals surface area contributed by atoms with Crippen LogP contribution in [0.2, 0.25) is 0 Å². The molecule has 0 saturated heterocycles. The third-order valence-electron chi connectivity index (χ3n) is 5.96. The van der Waals surface area contributed by atoms with E-state index >= 15 is 0 Å². The van der Waals surface area contributed by atoms with Crippen LogP contribution in [0.5, 0.6) is 0 Å². The Bertz CT molecular complexity index is 1420. The maximum absolute atomic E-state index is 13.4. The number of fused-ring (bicyclic) bond motifs is 6. The van der Waals surface area contributed by atoms with E-state index in [0.29, 0.717) is 0 Å². The third kappa shape index (κ3) is 2.55. The van der Waals surface area contributed by atoms with E-state index in [1.807, 2.05) is 97.1 Å². The van der Waals surface area contributed by atoms with Crippen molar-refractivity contribution in [2.45, 2.75) is 6.42 Å². The predicted octanol–water partition coefficient (Wildman–Crippen LogP) is 6.27. The van der Waals surface area contributed by atoms with Crippen molar-refractivity contribution in [2.24, 2.45) is 0 Å². The molecule has 0 bridgehead atoms. The molecule has 6 aromatic rings. The van der Waals surface area contributed by atoms with Gasteiger partial charge >= 0.3 is 0 Å². The highest BCUT2D eigenvalue weighted by molar-refractivity contribution is 6.18. The number of rotatable bonds is 2. The molecule has 0 N–H and O–H groups in total. The fraction of sp³-hybridized carbons (Fsp3) is 0.0370. The molecule has 4 heteroatoms. The lowest BCUT2D eigenvalue weighted by Crippen LogP contribution is -2.19. The molecule has 31 heavy (non-hydrogen) atoms. The van der Waals surface area contributed by atoms with Gasteiger partial charge in [-0.25, -0.2) is 0 Å². The normalized spacial score (nSPS) is 11.6. The molecule has 0 saturated carbocycles. The number of hydrogen-bond acceptors (Lipinski definition) is 2. The number of benzene rings is 4. The van der Waals surface area contributed by atoms with Gasteiger partial charge in [-0.2, -0.15) is 0 Å². The zero-order chi connectivity index (χ0) is 20.9. The summed E-state index contributed by atoms with van der Waals surface area (Å²) >= 11 is 0. The summed E-state index contributed by atoms with van der Waals surface area (Å²) in [6, 6.07) is 31.3. The van der Waals surface area contributed by atoms with Crippen LogP contribution < -0.4 is 0 Å². The minimum Gasteiger partial charge on any atom is -0.279 e. The molecular formula is C27H18N2O2. The highest BCUT2D eigenvalue weighted by atomic mass is 16.2. The van der Waals surface area contributed by atoms with E-state index < -0.39 is 0 Å². The van der Waals surface area contributed by atoms with Gasteiger partial charge < -0.3 is 0 Å². The number of carbonyl (C=O) groups is 2. The average molecular weight is 402 g/mol. The Morgan fingerprint density at radius 3 is 1.00 bits per heavy atom. The first-order valence-electron chi connectivity index (χ1n) is 10.3. The highest BCUT2D eigenvalue weighted by Gasteiger charge is 2.21. The van der Waals surface area contributed by atoms with Crippen molar-refractivity contribution in [2.75, 3.05) is 0 Å². The van der Waals surface area contributed by atoms with Crippen LogP contribution >= 0.6 is 0 Å². The van der Waals surface area contributed by atoms with Crippen molar-refractivity contribution in [3.8, 4) is 0 Å². The van der Waals surface area contributed by atoms with Crippen LogP contribution in [0.3, 0.4) is 0 Å². The Morgan fingerprint density at radius 2 is 0.710 bits per heavy atom. The van der Waals surface area contributed by atoms with E-state index in [4.69, 9.17) is 0 Å². The second kappa shape index (κ2) is 6.67. The number of nitrogens with zero attached hydrogens (tertiary/aromatic N) is 2. The Labute approximate surface area is 177 Å². The second-order valence-electron chi connectivity index (χ2n) is 7.70. The molecule has 4 aromatic carbocycles. The van der Waals surface area contributed by atoms with Gasteiger partial charge in [0, 0.05) is 21.5 Å². The molecule has 4 nitrogen and oxygen atoms in total. The van der Waals surface area contributed by atoms with Gasteiger partial charge in [-0.1, -0.05) is 72.8 Å². The molecule has 0 unspecified atom stereocenters. The zero-order valence-corrected chi connectivity index (χ0v) is 16.7. The SMILES string of the molecule is O=C(CC(=O)n1c2ccccc2c2ccccc21)n1c2ccccc2c2ccccc21. The maximum Gasteiger partial charge on any atom is 0.241 e. The standard InChI is InChI=1S/C27H18N2O2/c30-26(28-22-13-5-1-9-18(22)19-10-2-6-14-23(19)28)17-27(31)29-24-15-7-3-11-20(24)21-12-4-8-16-25(21)29/h1-16H,17H2. The predicted molar refractivity (Wildman–Crippen MR) is 125 cm³/mol. The lowest BCUT2D eigenvalue weighted by Gasteiger charge is -2.08. The van der Waals surface area contributed by atoms with Gasteiger partial charge in [0.25, 0.3) is 0 Å². The summed E-state index contributed by atoms with van der Waals surface area (Å²) in [7, 11) is 0. The maximum atomic E-state index is 13.4. The summed E-state index contributed by atoms with van der Waals surface area (Å²) < 4.78 is 3.35. The van der Waals surface area contributed by atoms with Crippen molar-refractivity contribution in [1.82, 2.24) is 9.13 Å². The molecular weight excluding hydrogens is 384 g/mol. The van der Waals surface area contributed by atoms with E-state index in [1.165, 1.54) is 0 Å². The van der Waals surface area contributed by atoms with Gasteiger partial charge in [-0.3, -0.25) is 18.7 Å². The monoisotopic (exact) mass is 402 g/mol. The molecule has 0 radical (unpaired) electrons. The number of aromatic nitrogens is 2. The van der Waals surface area contributed by atoms with Gasteiger partial charge in [0.2, 0.25) is 11.8 Å². The van der Waals surface area contributed by atoms with Gasteiger partial charge in [0.05, 0.1) is 22.1 Å². The quantitative estimate of drug-likeness (QED) is 0.320. The summed E-state index contributed by atoms with van der Waals surface area (Å²) in [6.45, 7) is 0. The summed E-state index contributed by atoms with van der Waals surface area (Å²) in [5.74, 6) is -0.464. The molecule has 148 valence electrons. The molecule has 0 amide bonds. The van der Waals surface area contributed by atoms with Crippen LogP contribution in [0.25, 0.3) is 43.6 Å². The number of hydrogen-bond donors (Lipinski definition) is 0. The van der Waals surface area contributed by atoms with Crippen LogP contribution in [0.4, 0.5) is 0 Å². The first kappa shape index (κ1) is 17.7. The van der Waals surface area contributed by atoms with E-state index in [1.54, 1.807) is 9.13 Å². The summed E-state index contributed by atoms with van der Waals surface area (Å²) in [6.07, 6.45) is -0.217. The lowest BCUT2D eigenvalue weighted by molar-refractivity contribution is 0.0815. The van der Waals surface area contributed by atoms with Gasteiger partial charge in [0.15, 0.2) is 0 Å². The topological polar surface area (TPSA) is 44.0 Å². The van der Waals surface area contributed by atoms with Crippen molar-refractivity contribution in [3.63, 3.8) is 0 Å². The van der Waals surface area contributed by atoms with Crippen molar-refractivity contribution in [1.29, 1.82) is 0 Å². The van der Waals surface area contributed by atoms with Crippen LogP contribution in [-0.2, 0) is 0 Å². The molecule has 2 aromatic heterocycles. The van der Waals surface area contributed by atoms with E-state index in [0.717, 1.165) is 43.6 Å². The average Bonchev–Trinajstić information content (AvgIpc) is 3.32. The molecule has 0 aliphatic heterocycles. The summed E-state index contributed by atoms with van der Waals surface area (Å²) in [4.78, 5) is 26.9. The fourth-order valence-corrected chi connectivity index (χ4v) is 4.67. The Kier molecular flexibility index (Phi) is 3.80. The van der Waals surface area contributed by atoms with E-state index in [-0.39, 0.29) is 18.2 Å². The van der Waals surface area contributed by atoms with Crippen molar-refractivity contribution < 1.29 is 9.59 Å². The van der Waals surface area contributed by atoms with Crippen LogP contribution in [0.15, 0.2) is 97.1 Å². The molecule has 2 heterocycles. The van der Waals surface area contributed by atoms with Gasteiger partial charge in [0.1, 0.15) is 6.42 Å². The lowest BCUT2D eigenvalue weighted by atomic mass is 10.2. The van der Waals surface area contributed by atoms with Gasteiger partial charge in [-0.05, 0) is 24.3 Å². The molecule has 0 aliphatic carbocycles. The van der Waals surface area contributed by atoms with E-state index in [9.17, 15) is 9.59 Å². The summed E-state index contributed by atoms with van der Waals surface area (Å²) in [5, 5.41) is 4.04. The molecule has 6 rings (SSSR count).